The van der Waals surface area contributed by atoms with Gasteiger partial charge in [-0.25, -0.2) is 0 Å². The van der Waals surface area contributed by atoms with Gasteiger partial charge in [-0.3, -0.25) is 4.79 Å². The molecule has 0 bridgehead atoms. The quantitative estimate of drug-likeness (QED) is 0.890. The zero-order valence-electron chi connectivity index (χ0n) is 11.8. The second-order valence-corrected chi connectivity index (χ2v) is 6.12. The van der Waals surface area contributed by atoms with Crippen molar-refractivity contribution >= 4 is 11.6 Å². The minimum Gasteiger partial charge on any atom is -0.323 e. The van der Waals surface area contributed by atoms with E-state index in [4.69, 9.17) is 5.73 Å². The summed E-state index contributed by atoms with van der Waals surface area (Å²) in [5.41, 5.74) is 9.70. The Balaban J connectivity index is 1.98. The summed E-state index contributed by atoms with van der Waals surface area (Å²) in [5.74, 6) is 0.169. The summed E-state index contributed by atoms with van der Waals surface area (Å²) < 4.78 is 0. The van der Waals surface area contributed by atoms with Gasteiger partial charge in [0.2, 0.25) is 5.91 Å². The lowest BCUT2D eigenvalue weighted by atomic mass is 9.94. The van der Waals surface area contributed by atoms with Crippen LogP contribution in [0.1, 0.15) is 30.0 Å². The van der Waals surface area contributed by atoms with Crippen LogP contribution in [0.5, 0.6) is 0 Å². The maximum atomic E-state index is 11.7. The first-order valence-electron chi connectivity index (χ1n) is 6.77. The van der Waals surface area contributed by atoms with Crippen LogP contribution >= 0.6 is 0 Å². The minimum atomic E-state index is -0.0910. The van der Waals surface area contributed by atoms with Crippen molar-refractivity contribution in [3.05, 3.63) is 29.3 Å². The van der Waals surface area contributed by atoms with Crippen LogP contribution in [0.3, 0.4) is 0 Å². The van der Waals surface area contributed by atoms with Crippen LogP contribution in [-0.2, 0) is 11.2 Å². The van der Waals surface area contributed by atoms with Crippen molar-refractivity contribution in [1.29, 1.82) is 0 Å². The lowest BCUT2D eigenvalue weighted by Gasteiger charge is -2.31. The number of likely N-dealkylation sites (N-methyl/N-ethyl adjacent to an activating group) is 2. The lowest BCUT2D eigenvalue weighted by Crippen LogP contribution is -2.39. The zero-order valence-corrected chi connectivity index (χ0v) is 11.8. The average molecular weight is 259 g/mol. The molecule has 102 valence electrons. The molecule has 1 saturated carbocycles. The molecule has 1 amide bonds. The fourth-order valence-electron chi connectivity index (χ4n) is 3.22. The van der Waals surface area contributed by atoms with Gasteiger partial charge in [-0.05, 0) is 44.1 Å². The molecule has 1 heterocycles. The van der Waals surface area contributed by atoms with Crippen molar-refractivity contribution in [2.24, 2.45) is 5.73 Å². The van der Waals surface area contributed by atoms with Crippen LogP contribution in [0.25, 0.3) is 0 Å². The number of amides is 1. The highest BCUT2D eigenvalue weighted by Crippen LogP contribution is 2.46. The predicted molar refractivity (Wildman–Crippen MR) is 76.1 cm³/mol. The molecule has 19 heavy (non-hydrogen) atoms. The monoisotopic (exact) mass is 259 g/mol. The third-order valence-corrected chi connectivity index (χ3v) is 4.38. The number of nitrogens with zero attached hydrogens (tertiary/aromatic N) is 2. The van der Waals surface area contributed by atoms with Gasteiger partial charge < -0.3 is 15.5 Å². The van der Waals surface area contributed by atoms with Gasteiger partial charge in [-0.2, -0.15) is 0 Å². The Labute approximate surface area is 114 Å². The number of carbonyl (C=O) groups excluding carboxylic acids is 1. The summed E-state index contributed by atoms with van der Waals surface area (Å²) >= 11 is 0. The van der Waals surface area contributed by atoms with Crippen LogP contribution < -0.4 is 10.6 Å². The Bertz CT molecular complexity index is 534. The highest BCUT2D eigenvalue weighted by Gasteiger charge is 2.47. The smallest absolute Gasteiger partial charge is 0.231 e. The van der Waals surface area contributed by atoms with Crippen LogP contribution in [0.4, 0.5) is 5.69 Å². The van der Waals surface area contributed by atoms with E-state index >= 15 is 0 Å². The van der Waals surface area contributed by atoms with E-state index < -0.39 is 0 Å². The zero-order chi connectivity index (χ0) is 13.8. The van der Waals surface area contributed by atoms with E-state index in [9.17, 15) is 4.79 Å². The van der Waals surface area contributed by atoms with Gasteiger partial charge in [-0.15, -0.1) is 0 Å². The van der Waals surface area contributed by atoms with Crippen molar-refractivity contribution < 1.29 is 4.79 Å². The summed E-state index contributed by atoms with van der Waals surface area (Å²) in [5, 5.41) is 0. The van der Waals surface area contributed by atoms with Crippen LogP contribution in [0, 0.1) is 0 Å². The molecular weight excluding hydrogens is 238 g/mol. The summed E-state index contributed by atoms with van der Waals surface area (Å²) in [6.07, 6.45) is 2.66. The molecule has 0 radical (unpaired) electrons. The Kier molecular flexibility index (Phi) is 2.69. The first kappa shape index (κ1) is 12.6. The molecule has 2 aliphatic rings. The van der Waals surface area contributed by atoms with Gasteiger partial charge in [0.25, 0.3) is 0 Å². The number of carbonyl (C=O) groups is 1. The van der Waals surface area contributed by atoms with E-state index in [0.717, 1.165) is 24.1 Å². The average Bonchev–Trinajstić information content (AvgIpc) is 2.99. The Hall–Kier alpha value is -1.39. The molecule has 0 spiro atoms. The van der Waals surface area contributed by atoms with Gasteiger partial charge in [0.05, 0.1) is 12.5 Å². The third-order valence-electron chi connectivity index (χ3n) is 4.38. The number of anilines is 1. The van der Waals surface area contributed by atoms with Gasteiger partial charge >= 0.3 is 0 Å². The first-order chi connectivity index (χ1) is 8.92. The Morgan fingerprint density at radius 1 is 1.37 bits per heavy atom. The topological polar surface area (TPSA) is 49.6 Å². The molecule has 3 rings (SSSR count). The van der Waals surface area contributed by atoms with Crippen LogP contribution in [0.15, 0.2) is 18.2 Å². The first-order valence-corrected chi connectivity index (χ1v) is 6.77. The largest absolute Gasteiger partial charge is 0.323 e. The van der Waals surface area contributed by atoms with Crippen molar-refractivity contribution in [3.8, 4) is 0 Å². The Morgan fingerprint density at radius 3 is 2.63 bits per heavy atom. The molecule has 0 aromatic heterocycles. The summed E-state index contributed by atoms with van der Waals surface area (Å²) in [7, 11) is 5.98. The fraction of sp³-hybridized carbons (Fsp3) is 0.533. The van der Waals surface area contributed by atoms with Crippen molar-refractivity contribution in [3.63, 3.8) is 0 Å². The second kappa shape index (κ2) is 4.05. The molecule has 1 aromatic rings. The van der Waals surface area contributed by atoms with Gasteiger partial charge in [0.15, 0.2) is 0 Å². The molecular formula is C15H21N3O. The van der Waals surface area contributed by atoms with Crippen LogP contribution in [0.2, 0.25) is 0 Å². The number of rotatable bonds is 3. The van der Waals surface area contributed by atoms with E-state index in [0.29, 0.717) is 6.42 Å². The normalized spacial score (nSPS) is 21.7. The van der Waals surface area contributed by atoms with E-state index in [2.05, 4.69) is 37.2 Å². The predicted octanol–water partition coefficient (Wildman–Crippen LogP) is 1.30. The molecule has 4 heteroatoms. The number of hydrogen-bond acceptors (Lipinski definition) is 3. The van der Waals surface area contributed by atoms with E-state index in [1.165, 1.54) is 5.56 Å². The molecule has 0 saturated heterocycles. The molecule has 1 unspecified atom stereocenters. The van der Waals surface area contributed by atoms with E-state index in [1.54, 1.807) is 4.90 Å². The number of nitrogens with two attached hydrogens (primary N) is 1. The number of benzene rings is 1. The summed E-state index contributed by atoms with van der Waals surface area (Å²) in [6.45, 7) is 0. The van der Waals surface area contributed by atoms with Crippen molar-refractivity contribution in [2.75, 3.05) is 26.0 Å². The Morgan fingerprint density at radius 2 is 2.05 bits per heavy atom. The molecule has 1 aliphatic heterocycles. The van der Waals surface area contributed by atoms with Crippen molar-refractivity contribution in [2.45, 2.75) is 30.8 Å². The highest BCUT2D eigenvalue weighted by molar-refractivity contribution is 6.00. The van der Waals surface area contributed by atoms with Gasteiger partial charge in [0, 0.05) is 18.3 Å². The van der Waals surface area contributed by atoms with Gasteiger partial charge in [0.1, 0.15) is 0 Å². The number of hydrogen-bond donors (Lipinski definition) is 1. The van der Waals surface area contributed by atoms with Crippen molar-refractivity contribution in [1.82, 2.24) is 4.90 Å². The lowest BCUT2D eigenvalue weighted by molar-refractivity contribution is -0.117. The molecule has 2 N–H and O–H groups in total. The maximum Gasteiger partial charge on any atom is 0.231 e. The summed E-state index contributed by atoms with van der Waals surface area (Å²) in [6, 6.07) is 6.57. The number of fused-ring (bicyclic) bond motifs is 1. The van der Waals surface area contributed by atoms with E-state index in [1.807, 2.05) is 7.05 Å². The summed E-state index contributed by atoms with van der Waals surface area (Å²) in [4.78, 5) is 15.7. The second-order valence-electron chi connectivity index (χ2n) is 6.12. The standard InChI is InChI=1S/C15H21N3O/c1-17(2)14(15(16)6-7-15)10-4-5-12-11(8-10)9-13(19)18(12)3/h4-5,8,14H,6-7,9,16H2,1-3H3. The van der Waals surface area contributed by atoms with Crippen LogP contribution in [-0.4, -0.2) is 37.5 Å². The molecule has 1 atom stereocenters. The molecule has 4 nitrogen and oxygen atoms in total. The highest BCUT2D eigenvalue weighted by atomic mass is 16.2. The fourth-order valence-corrected chi connectivity index (χ4v) is 3.22. The molecule has 1 fully saturated rings. The minimum absolute atomic E-state index is 0.0910. The molecule has 1 aromatic carbocycles. The third kappa shape index (κ3) is 1.95. The maximum absolute atomic E-state index is 11.7. The molecule has 1 aliphatic carbocycles. The van der Waals surface area contributed by atoms with Gasteiger partial charge in [-0.1, -0.05) is 12.1 Å². The SMILES string of the molecule is CN1C(=O)Cc2cc(C(N(C)C)C3(N)CC3)ccc21. The van der Waals surface area contributed by atoms with E-state index in [-0.39, 0.29) is 17.5 Å².